The number of hydrogen-bond acceptors (Lipinski definition) is 5. The van der Waals surface area contributed by atoms with Crippen LogP contribution in [0.4, 0.5) is 5.69 Å². The molecule has 1 fully saturated rings. The van der Waals surface area contributed by atoms with E-state index in [2.05, 4.69) is 26.1 Å². The fourth-order valence-corrected chi connectivity index (χ4v) is 3.81. The predicted octanol–water partition coefficient (Wildman–Crippen LogP) is 5.12. The quantitative estimate of drug-likeness (QED) is 0.594. The van der Waals surface area contributed by atoms with Crippen molar-refractivity contribution in [3.63, 3.8) is 0 Å². The molecule has 1 aromatic rings. The fourth-order valence-electron chi connectivity index (χ4n) is 3.81. The molecule has 1 N–H and O–H groups in total. The number of rotatable bonds is 8. The van der Waals surface area contributed by atoms with Gasteiger partial charge in [-0.1, -0.05) is 20.8 Å². The van der Waals surface area contributed by atoms with Gasteiger partial charge in [-0.3, -0.25) is 9.59 Å². The van der Waals surface area contributed by atoms with E-state index in [0.717, 1.165) is 25.7 Å². The number of esters is 2. The van der Waals surface area contributed by atoms with Crippen LogP contribution in [0.5, 0.6) is 0 Å². The van der Waals surface area contributed by atoms with Gasteiger partial charge in [0.25, 0.3) is 0 Å². The van der Waals surface area contributed by atoms with Gasteiger partial charge in [0, 0.05) is 18.5 Å². The van der Waals surface area contributed by atoms with Crippen LogP contribution in [0.3, 0.4) is 0 Å². The summed E-state index contributed by atoms with van der Waals surface area (Å²) in [7, 11) is 0. The van der Waals surface area contributed by atoms with Crippen molar-refractivity contribution in [3.8, 4) is 0 Å². The molecular weight excluding hydrogens is 382 g/mol. The van der Waals surface area contributed by atoms with Gasteiger partial charge in [0.05, 0.1) is 12.2 Å². The topological polar surface area (TPSA) is 81.7 Å². The van der Waals surface area contributed by atoms with Crippen molar-refractivity contribution in [1.82, 2.24) is 0 Å². The Kier molecular flexibility index (Phi) is 8.88. The highest BCUT2D eigenvalue weighted by molar-refractivity contribution is 5.93. The molecule has 166 valence electrons. The normalized spacial score (nSPS) is 19.1. The van der Waals surface area contributed by atoms with E-state index in [0.29, 0.717) is 35.6 Å². The highest BCUT2D eigenvalue weighted by atomic mass is 16.5. The minimum Gasteiger partial charge on any atom is -0.462 e. The third-order valence-corrected chi connectivity index (χ3v) is 5.66. The van der Waals surface area contributed by atoms with E-state index < -0.39 is 0 Å². The molecule has 1 amide bonds. The van der Waals surface area contributed by atoms with Crippen LogP contribution in [0.25, 0.3) is 0 Å². The largest absolute Gasteiger partial charge is 0.462 e. The Hall–Kier alpha value is -2.37. The van der Waals surface area contributed by atoms with Gasteiger partial charge in [-0.25, -0.2) is 4.79 Å². The highest BCUT2D eigenvalue weighted by Gasteiger charge is 2.31. The Morgan fingerprint density at radius 1 is 1.00 bits per heavy atom. The number of benzene rings is 1. The maximum atomic E-state index is 12.1. The van der Waals surface area contributed by atoms with Crippen molar-refractivity contribution in [2.45, 2.75) is 78.7 Å². The molecule has 30 heavy (non-hydrogen) atoms. The lowest BCUT2D eigenvalue weighted by Gasteiger charge is -2.36. The Morgan fingerprint density at radius 2 is 1.63 bits per heavy atom. The second kappa shape index (κ2) is 11.1. The van der Waals surface area contributed by atoms with Crippen LogP contribution in [0, 0.1) is 11.3 Å². The number of ether oxygens (including phenoxy) is 2. The van der Waals surface area contributed by atoms with E-state index in [1.54, 1.807) is 31.2 Å². The van der Waals surface area contributed by atoms with Crippen molar-refractivity contribution in [3.05, 3.63) is 29.8 Å². The summed E-state index contributed by atoms with van der Waals surface area (Å²) >= 11 is 0. The summed E-state index contributed by atoms with van der Waals surface area (Å²) in [5, 5.41) is 2.77. The number of anilines is 1. The zero-order valence-corrected chi connectivity index (χ0v) is 18.7. The zero-order valence-electron chi connectivity index (χ0n) is 18.7. The minimum atomic E-state index is -0.388. The molecule has 0 radical (unpaired) electrons. The molecule has 0 bridgehead atoms. The van der Waals surface area contributed by atoms with Gasteiger partial charge in [0.15, 0.2) is 0 Å². The monoisotopic (exact) mass is 417 g/mol. The molecule has 0 atom stereocenters. The lowest BCUT2D eigenvalue weighted by atomic mass is 9.72. The molecule has 1 aliphatic carbocycles. The SMILES string of the molecule is CCOC(=O)c1ccc(NC(=O)CCCC(=O)OC2CCC(C(C)(C)C)CC2)cc1. The van der Waals surface area contributed by atoms with E-state index in [4.69, 9.17) is 9.47 Å². The summed E-state index contributed by atoms with van der Waals surface area (Å²) in [6, 6.07) is 6.54. The van der Waals surface area contributed by atoms with Crippen molar-refractivity contribution in [2.24, 2.45) is 11.3 Å². The van der Waals surface area contributed by atoms with Gasteiger partial charge in [-0.2, -0.15) is 0 Å². The number of carbonyl (C=O) groups is 3. The van der Waals surface area contributed by atoms with Gasteiger partial charge in [-0.05, 0) is 74.6 Å². The summed E-state index contributed by atoms with van der Waals surface area (Å²) in [4.78, 5) is 35.8. The van der Waals surface area contributed by atoms with Crippen LogP contribution in [-0.4, -0.2) is 30.6 Å². The molecule has 0 saturated heterocycles. The molecule has 6 nitrogen and oxygen atoms in total. The van der Waals surface area contributed by atoms with Gasteiger partial charge in [-0.15, -0.1) is 0 Å². The second-order valence-corrected chi connectivity index (χ2v) is 9.03. The second-order valence-electron chi connectivity index (χ2n) is 9.03. The van der Waals surface area contributed by atoms with E-state index in [1.165, 1.54) is 0 Å². The third kappa shape index (κ3) is 7.81. The summed E-state index contributed by atoms with van der Waals surface area (Å²) in [6.07, 6.45) is 5.00. The van der Waals surface area contributed by atoms with Crippen molar-refractivity contribution in [2.75, 3.05) is 11.9 Å². The summed E-state index contributed by atoms with van der Waals surface area (Å²) < 4.78 is 10.5. The molecule has 2 rings (SSSR count). The van der Waals surface area contributed by atoms with Crippen molar-refractivity contribution < 1.29 is 23.9 Å². The zero-order chi connectivity index (χ0) is 22.1. The van der Waals surface area contributed by atoms with E-state index in [-0.39, 0.29) is 36.8 Å². The first-order valence-electron chi connectivity index (χ1n) is 11.0. The Labute approximate surface area is 179 Å². The van der Waals surface area contributed by atoms with Crippen LogP contribution >= 0.6 is 0 Å². The molecule has 6 heteroatoms. The molecule has 1 aliphatic rings. The van der Waals surface area contributed by atoms with Gasteiger partial charge in [0.1, 0.15) is 6.10 Å². The summed E-state index contributed by atoms with van der Waals surface area (Å²) in [5.74, 6) is -0.0959. The molecular formula is C24H35NO5. The van der Waals surface area contributed by atoms with Crippen LogP contribution < -0.4 is 5.32 Å². The van der Waals surface area contributed by atoms with Crippen LogP contribution in [-0.2, 0) is 19.1 Å². The van der Waals surface area contributed by atoms with Gasteiger partial charge < -0.3 is 14.8 Å². The number of hydrogen-bond donors (Lipinski definition) is 1. The average Bonchev–Trinajstić information content (AvgIpc) is 2.68. The molecule has 0 aromatic heterocycles. The highest BCUT2D eigenvalue weighted by Crippen LogP contribution is 2.38. The first-order chi connectivity index (χ1) is 14.2. The first-order valence-corrected chi connectivity index (χ1v) is 11.0. The number of carbonyl (C=O) groups excluding carboxylic acids is 3. The molecule has 0 unspecified atom stereocenters. The third-order valence-electron chi connectivity index (χ3n) is 5.66. The van der Waals surface area contributed by atoms with Crippen molar-refractivity contribution in [1.29, 1.82) is 0 Å². The Bertz CT molecular complexity index is 712. The molecule has 0 heterocycles. The van der Waals surface area contributed by atoms with Gasteiger partial charge >= 0.3 is 11.9 Å². The Morgan fingerprint density at radius 3 is 2.20 bits per heavy atom. The smallest absolute Gasteiger partial charge is 0.338 e. The summed E-state index contributed by atoms with van der Waals surface area (Å²) in [5.41, 5.74) is 1.35. The Balaban J connectivity index is 1.65. The maximum Gasteiger partial charge on any atom is 0.338 e. The lowest BCUT2D eigenvalue weighted by Crippen LogP contribution is -2.30. The first kappa shape index (κ1) is 23.9. The molecule has 0 spiro atoms. The lowest BCUT2D eigenvalue weighted by molar-refractivity contribution is -0.151. The maximum absolute atomic E-state index is 12.1. The molecule has 1 saturated carbocycles. The van der Waals surface area contributed by atoms with Crippen molar-refractivity contribution >= 4 is 23.5 Å². The molecule has 0 aliphatic heterocycles. The van der Waals surface area contributed by atoms with E-state index in [9.17, 15) is 14.4 Å². The molecule has 1 aromatic carbocycles. The van der Waals surface area contributed by atoms with E-state index in [1.807, 2.05) is 0 Å². The minimum absolute atomic E-state index is 0.0165. The van der Waals surface area contributed by atoms with Crippen LogP contribution in [0.15, 0.2) is 24.3 Å². The van der Waals surface area contributed by atoms with Gasteiger partial charge in [0.2, 0.25) is 5.91 Å². The number of nitrogens with one attached hydrogen (secondary N) is 1. The summed E-state index contributed by atoms with van der Waals surface area (Å²) in [6.45, 7) is 8.87. The predicted molar refractivity (Wildman–Crippen MR) is 116 cm³/mol. The average molecular weight is 418 g/mol. The van der Waals surface area contributed by atoms with E-state index >= 15 is 0 Å². The number of amides is 1. The van der Waals surface area contributed by atoms with Crippen LogP contribution in [0.1, 0.15) is 83.0 Å². The standard InChI is InChI=1S/C24H35NO5/c1-5-29-23(28)17-9-13-19(14-10-17)25-21(26)7-6-8-22(27)30-20-15-11-18(12-16-20)24(2,3)4/h9-10,13-14,18,20H,5-8,11-12,15-16H2,1-4H3,(H,25,26). The van der Waals surface area contributed by atoms with Crippen LogP contribution in [0.2, 0.25) is 0 Å². The fraction of sp³-hybridized carbons (Fsp3) is 0.625.